The first-order valence-electron chi connectivity index (χ1n) is 6.35. The molecule has 4 heteroatoms. The van der Waals surface area contributed by atoms with Crippen LogP contribution in [0.3, 0.4) is 0 Å². The molecule has 0 atom stereocenters. The lowest BCUT2D eigenvalue weighted by Gasteiger charge is -2.37. The summed E-state index contributed by atoms with van der Waals surface area (Å²) >= 11 is 0. The normalized spacial score (nSPS) is 25.7. The van der Waals surface area contributed by atoms with E-state index in [1.807, 2.05) is 0 Å². The maximum Gasteiger partial charge on any atom is 0.170 e. The lowest BCUT2D eigenvalue weighted by molar-refractivity contribution is -0.185. The molecule has 0 aliphatic carbocycles. The van der Waals surface area contributed by atoms with E-state index >= 15 is 0 Å². The summed E-state index contributed by atoms with van der Waals surface area (Å²) in [6, 6.07) is 0. The predicted molar refractivity (Wildman–Crippen MR) is 63.5 cm³/mol. The van der Waals surface area contributed by atoms with Gasteiger partial charge in [-0.25, -0.2) is 0 Å². The van der Waals surface area contributed by atoms with E-state index < -0.39 is 0 Å². The Balaban J connectivity index is 1.65. The average Bonchev–Trinajstić information content (AvgIpc) is 2.70. The molecule has 2 aliphatic heterocycles. The largest absolute Gasteiger partial charge is 0.347 e. The lowest BCUT2D eigenvalue weighted by atomic mass is 10.0. The minimum absolute atomic E-state index is 0.210. The molecule has 2 saturated heterocycles. The molecule has 1 spiro atoms. The van der Waals surface area contributed by atoms with Gasteiger partial charge in [0.05, 0.1) is 13.2 Å². The summed E-state index contributed by atoms with van der Waals surface area (Å²) in [4.78, 5) is 4.77. The molecule has 0 radical (unpaired) electrons. The van der Waals surface area contributed by atoms with E-state index in [0.29, 0.717) is 0 Å². The molecule has 2 heterocycles. The molecule has 0 aromatic rings. The zero-order valence-corrected chi connectivity index (χ0v) is 10.6. The number of likely N-dealkylation sites (tertiary alicyclic amines) is 1. The van der Waals surface area contributed by atoms with E-state index in [-0.39, 0.29) is 5.79 Å². The van der Waals surface area contributed by atoms with Gasteiger partial charge in [-0.3, -0.25) is 0 Å². The summed E-state index contributed by atoms with van der Waals surface area (Å²) in [5, 5.41) is 0. The fraction of sp³-hybridized carbons (Fsp3) is 1.00. The molecule has 2 aliphatic rings. The Labute approximate surface area is 98.5 Å². The van der Waals surface area contributed by atoms with E-state index in [4.69, 9.17) is 9.47 Å². The Hall–Kier alpha value is -0.160. The van der Waals surface area contributed by atoms with Gasteiger partial charge in [0.15, 0.2) is 5.79 Å². The summed E-state index contributed by atoms with van der Waals surface area (Å²) in [6.45, 7) is 6.17. The molecule has 0 bridgehead atoms. The Morgan fingerprint density at radius 3 is 2.31 bits per heavy atom. The first-order chi connectivity index (χ1) is 7.70. The summed E-state index contributed by atoms with van der Waals surface area (Å²) in [5.74, 6) is -0.210. The predicted octanol–water partition coefficient (Wildman–Crippen LogP) is 0.777. The van der Waals surface area contributed by atoms with Crippen molar-refractivity contribution in [3.8, 4) is 0 Å². The topological polar surface area (TPSA) is 24.9 Å². The average molecular weight is 228 g/mol. The van der Waals surface area contributed by atoms with Crippen LogP contribution in [0, 0.1) is 0 Å². The van der Waals surface area contributed by atoms with Crippen LogP contribution in [-0.2, 0) is 9.47 Å². The van der Waals surface area contributed by atoms with Crippen LogP contribution in [0.15, 0.2) is 0 Å². The number of piperidine rings is 1. The highest BCUT2D eigenvalue weighted by Gasteiger charge is 2.39. The van der Waals surface area contributed by atoms with Gasteiger partial charge in [-0.1, -0.05) is 0 Å². The summed E-state index contributed by atoms with van der Waals surface area (Å²) in [7, 11) is 4.26. The number of hydrogen-bond donors (Lipinski definition) is 0. The van der Waals surface area contributed by atoms with Gasteiger partial charge in [-0.2, -0.15) is 0 Å². The van der Waals surface area contributed by atoms with Crippen molar-refractivity contribution in [1.29, 1.82) is 0 Å². The van der Waals surface area contributed by atoms with E-state index in [0.717, 1.165) is 39.1 Å². The highest BCUT2D eigenvalue weighted by molar-refractivity contribution is 4.82. The van der Waals surface area contributed by atoms with Gasteiger partial charge < -0.3 is 19.3 Å². The fourth-order valence-corrected chi connectivity index (χ4v) is 2.51. The van der Waals surface area contributed by atoms with E-state index in [1.54, 1.807) is 0 Å². The Morgan fingerprint density at radius 2 is 1.75 bits per heavy atom. The quantitative estimate of drug-likeness (QED) is 0.710. The highest BCUT2D eigenvalue weighted by atomic mass is 16.7. The summed E-state index contributed by atoms with van der Waals surface area (Å²) < 4.78 is 11.4. The number of ether oxygens (including phenoxy) is 2. The molecule has 4 nitrogen and oxygen atoms in total. The number of nitrogens with zero attached hydrogens (tertiary/aromatic N) is 2. The first kappa shape index (κ1) is 12.3. The second kappa shape index (κ2) is 5.45. The monoisotopic (exact) mass is 228 g/mol. The van der Waals surface area contributed by atoms with Crippen molar-refractivity contribution in [3.05, 3.63) is 0 Å². The Bertz CT molecular complexity index is 205. The maximum atomic E-state index is 5.72. The molecule has 2 rings (SSSR count). The van der Waals surface area contributed by atoms with E-state index in [2.05, 4.69) is 23.9 Å². The minimum Gasteiger partial charge on any atom is -0.347 e. The van der Waals surface area contributed by atoms with Crippen LogP contribution in [0.25, 0.3) is 0 Å². The number of hydrogen-bond acceptors (Lipinski definition) is 4. The van der Waals surface area contributed by atoms with Gasteiger partial charge in [-0.05, 0) is 33.6 Å². The van der Waals surface area contributed by atoms with E-state index in [9.17, 15) is 0 Å². The summed E-state index contributed by atoms with van der Waals surface area (Å²) in [6.07, 6.45) is 3.33. The van der Waals surface area contributed by atoms with Crippen LogP contribution in [0.2, 0.25) is 0 Å². The van der Waals surface area contributed by atoms with Crippen LogP contribution in [0.5, 0.6) is 0 Å². The lowest BCUT2D eigenvalue weighted by Crippen LogP contribution is -2.45. The highest BCUT2D eigenvalue weighted by Crippen LogP contribution is 2.31. The molecular formula is C12H24N2O2. The fourth-order valence-electron chi connectivity index (χ4n) is 2.51. The maximum absolute atomic E-state index is 5.72. The van der Waals surface area contributed by atoms with Crippen LogP contribution in [-0.4, -0.2) is 69.1 Å². The van der Waals surface area contributed by atoms with Crippen molar-refractivity contribution in [2.24, 2.45) is 0 Å². The SMILES string of the molecule is CN(C)CCCN1CCC2(CC1)OCCO2. The molecule has 94 valence electrons. The molecule has 0 amide bonds. The van der Waals surface area contributed by atoms with Gasteiger partial charge in [0.25, 0.3) is 0 Å². The summed E-state index contributed by atoms with van der Waals surface area (Å²) in [5.41, 5.74) is 0. The van der Waals surface area contributed by atoms with Crippen LogP contribution in [0.1, 0.15) is 19.3 Å². The van der Waals surface area contributed by atoms with Crippen molar-refractivity contribution in [3.63, 3.8) is 0 Å². The Kier molecular flexibility index (Phi) is 4.19. The first-order valence-corrected chi connectivity index (χ1v) is 6.35. The van der Waals surface area contributed by atoms with Crippen LogP contribution < -0.4 is 0 Å². The van der Waals surface area contributed by atoms with Crippen LogP contribution in [0.4, 0.5) is 0 Å². The van der Waals surface area contributed by atoms with Gasteiger partial charge in [-0.15, -0.1) is 0 Å². The molecule has 0 aromatic carbocycles. The third-order valence-electron chi connectivity index (χ3n) is 3.51. The zero-order chi connectivity index (χ0) is 11.4. The second-order valence-corrected chi connectivity index (χ2v) is 5.11. The molecule has 0 saturated carbocycles. The smallest absolute Gasteiger partial charge is 0.170 e. The third kappa shape index (κ3) is 3.17. The zero-order valence-electron chi connectivity index (χ0n) is 10.6. The van der Waals surface area contributed by atoms with Gasteiger partial charge in [0.1, 0.15) is 0 Å². The van der Waals surface area contributed by atoms with Crippen molar-refractivity contribution >= 4 is 0 Å². The van der Waals surface area contributed by atoms with Gasteiger partial charge in [0.2, 0.25) is 0 Å². The van der Waals surface area contributed by atoms with Crippen molar-refractivity contribution in [1.82, 2.24) is 9.80 Å². The molecule has 0 aromatic heterocycles. The molecule has 2 fully saturated rings. The number of rotatable bonds is 4. The molecule has 0 N–H and O–H groups in total. The second-order valence-electron chi connectivity index (χ2n) is 5.11. The van der Waals surface area contributed by atoms with Crippen molar-refractivity contribution in [2.75, 3.05) is 53.5 Å². The van der Waals surface area contributed by atoms with E-state index in [1.165, 1.54) is 19.5 Å². The third-order valence-corrected chi connectivity index (χ3v) is 3.51. The van der Waals surface area contributed by atoms with Crippen LogP contribution >= 0.6 is 0 Å². The standard InChI is InChI=1S/C12H24N2O2/c1-13(2)6-3-7-14-8-4-12(5-9-14)15-10-11-16-12/h3-11H2,1-2H3. The van der Waals surface area contributed by atoms with Crippen molar-refractivity contribution < 1.29 is 9.47 Å². The molecule has 0 unspecified atom stereocenters. The van der Waals surface area contributed by atoms with Crippen molar-refractivity contribution in [2.45, 2.75) is 25.0 Å². The van der Waals surface area contributed by atoms with Gasteiger partial charge >= 0.3 is 0 Å². The molecular weight excluding hydrogens is 204 g/mol. The molecule has 16 heavy (non-hydrogen) atoms. The van der Waals surface area contributed by atoms with Gasteiger partial charge in [0, 0.05) is 25.9 Å². The Morgan fingerprint density at radius 1 is 1.12 bits per heavy atom. The minimum atomic E-state index is -0.210.